The van der Waals surface area contributed by atoms with Crippen molar-refractivity contribution in [2.45, 2.75) is 57.5 Å². The Labute approximate surface area is 206 Å². The average Bonchev–Trinajstić information content (AvgIpc) is 2.86. The van der Waals surface area contributed by atoms with Gasteiger partial charge in [-0.25, -0.2) is 9.18 Å². The summed E-state index contributed by atoms with van der Waals surface area (Å²) in [6, 6.07) is 16.2. The van der Waals surface area contributed by atoms with Gasteiger partial charge in [0.15, 0.2) is 0 Å². The molecule has 6 nitrogen and oxygen atoms in total. The van der Waals surface area contributed by atoms with Gasteiger partial charge in [0.05, 0.1) is 13.2 Å². The van der Waals surface area contributed by atoms with Crippen molar-refractivity contribution in [2.24, 2.45) is 0 Å². The van der Waals surface area contributed by atoms with Crippen LogP contribution in [-0.2, 0) is 36.8 Å². The van der Waals surface area contributed by atoms with E-state index in [0.717, 1.165) is 23.1 Å². The Morgan fingerprint density at radius 1 is 1.06 bits per heavy atom. The highest BCUT2D eigenvalue weighted by Gasteiger charge is 2.32. The second-order valence-electron chi connectivity index (χ2n) is 9.24. The summed E-state index contributed by atoms with van der Waals surface area (Å²) in [6.07, 6.45) is 1.83. The Morgan fingerprint density at radius 2 is 1.77 bits per heavy atom. The van der Waals surface area contributed by atoms with Gasteiger partial charge in [0.25, 0.3) is 0 Å². The van der Waals surface area contributed by atoms with Crippen LogP contribution in [0.5, 0.6) is 0 Å². The van der Waals surface area contributed by atoms with E-state index in [1.54, 1.807) is 7.05 Å². The maximum atomic E-state index is 14.2. The Balaban J connectivity index is 1.72. The van der Waals surface area contributed by atoms with Crippen LogP contribution in [0, 0.1) is 0 Å². The lowest BCUT2D eigenvalue weighted by molar-refractivity contribution is -0.170. The van der Waals surface area contributed by atoms with Gasteiger partial charge in [-0.15, -0.1) is 0 Å². The molecular weight excluding hydrogens is 449 g/mol. The first-order chi connectivity index (χ1) is 16.7. The van der Waals surface area contributed by atoms with Crippen molar-refractivity contribution in [1.82, 2.24) is 5.32 Å². The van der Waals surface area contributed by atoms with E-state index in [9.17, 15) is 14.0 Å². The third kappa shape index (κ3) is 8.60. The Bertz CT molecular complexity index is 998. The number of rotatable bonds is 11. The molecule has 0 radical (unpaired) electrons. The molecule has 1 aliphatic heterocycles. The minimum absolute atomic E-state index is 0.0653. The monoisotopic (exact) mass is 483 g/mol. The number of hydrogen-bond donors (Lipinski definition) is 1. The molecule has 0 spiro atoms. The molecule has 0 saturated carbocycles. The SMILES string of the molecule is CNC(CC(C)(C)F)C(=O)O[C@H](Cc1ccc(C2=CCOCC2)cc1)C(=O)OCc1ccccc1. The molecule has 1 unspecified atom stereocenters. The van der Waals surface area contributed by atoms with Gasteiger partial charge in [0.2, 0.25) is 6.10 Å². The van der Waals surface area contributed by atoms with E-state index in [0.29, 0.717) is 13.2 Å². The molecule has 188 valence electrons. The van der Waals surface area contributed by atoms with Gasteiger partial charge in [-0.1, -0.05) is 60.7 Å². The molecule has 7 heteroatoms. The lowest BCUT2D eigenvalue weighted by Gasteiger charge is -2.24. The predicted octanol–water partition coefficient (Wildman–Crippen LogP) is 4.41. The number of benzene rings is 2. The molecule has 0 saturated heterocycles. The van der Waals surface area contributed by atoms with Crippen LogP contribution in [0.25, 0.3) is 5.57 Å². The van der Waals surface area contributed by atoms with Crippen molar-refractivity contribution in [3.05, 3.63) is 77.4 Å². The van der Waals surface area contributed by atoms with Crippen LogP contribution in [0.15, 0.2) is 60.7 Å². The molecule has 0 bridgehead atoms. The molecule has 0 aromatic heterocycles. The maximum absolute atomic E-state index is 14.2. The molecule has 0 amide bonds. The van der Waals surface area contributed by atoms with E-state index in [1.807, 2.05) is 54.6 Å². The zero-order chi connectivity index (χ0) is 25.3. The highest BCUT2D eigenvalue weighted by molar-refractivity contribution is 5.82. The summed E-state index contributed by atoms with van der Waals surface area (Å²) >= 11 is 0. The lowest BCUT2D eigenvalue weighted by atomic mass is 9.98. The number of likely N-dealkylation sites (N-methyl/N-ethyl adjacent to an activating group) is 1. The maximum Gasteiger partial charge on any atom is 0.348 e. The lowest BCUT2D eigenvalue weighted by Crippen LogP contribution is -2.43. The smallest absolute Gasteiger partial charge is 0.348 e. The highest BCUT2D eigenvalue weighted by atomic mass is 19.1. The first kappa shape index (κ1) is 26.6. The summed E-state index contributed by atoms with van der Waals surface area (Å²) in [4.78, 5) is 25.8. The van der Waals surface area contributed by atoms with Gasteiger partial charge in [-0.2, -0.15) is 0 Å². The van der Waals surface area contributed by atoms with E-state index >= 15 is 0 Å². The van der Waals surface area contributed by atoms with Crippen LogP contribution < -0.4 is 5.32 Å². The number of ether oxygens (including phenoxy) is 3. The predicted molar refractivity (Wildman–Crippen MR) is 132 cm³/mol. The van der Waals surface area contributed by atoms with E-state index < -0.39 is 29.8 Å². The molecule has 35 heavy (non-hydrogen) atoms. The molecule has 2 aromatic carbocycles. The molecule has 2 aromatic rings. The van der Waals surface area contributed by atoms with Gasteiger partial charge in [0.1, 0.15) is 18.3 Å². The Kier molecular flexibility index (Phi) is 9.57. The van der Waals surface area contributed by atoms with Crippen LogP contribution in [0.1, 0.15) is 43.4 Å². The quantitative estimate of drug-likeness (QED) is 0.477. The van der Waals surface area contributed by atoms with Crippen LogP contribution in [0.2, 0.25) is 0 Å². The summed E-state index contributed by atoms with van der Waals surface area (Å²) in [6.45, 7) is 4.15. The fourth-order valence-corrected chi connectivity index (χ4v) is 3.86. The van der Waals surface area contributed by atoms with Gasteiger partial charge < -0.3 is 19.5 Å². The topological polar surface area (TPSA) is 73.9 Å². The third-order valence-electron chi connectivity index (χ3n) is 5.78. The third-order valence-corrected chi connectivity index (χ3v) is 5.78. The van der Waals surface area contributed by atoms with Crippen molar-refractivity contribution in [1.29, 1.82) is 0 Å². The fraction of sp³-hybridized carbons (Fsp3) is 0.429. The van der Waals surface area contributed by atoms with Crippen molar-refractivity contribution in [3.63, 3.8) is 0 Å². The number of carbonyl (C=O) groups excluding carboxylic acids is 2. The highest BCUT2D eigenvalue weighted by Crippen LogP contribution is 2.23. The van der Waals surface area contributed by atoms with Crippen molar-refractivity contribution in [3.8, 4) is 0 Å². The standard InChI is InChI=1S/C28H34FNO5/c1-28(2,29)18-24(30-3)26(31)35-25(27(32)34-19-21-7-5-4-6-8-21)17-20-9-11-22(12-10-20)23-13-15-33-16-14-23/h4-13,24-25,30H,14-19H2,1-3H3/t24?,25-/m1/s1. The number of esters is 2. The van der Waals surface area contributed by atoms with Crippen molar-refractivity contribution < 1.29 is 28.2 Å². The van der Waals surface area contributed by atoms with Gasteiger partial charge in [-0.05, 0) is 49.6 Å². The number of alkyl halides is 1. The molecule has 0 aliphatic carbocycles. The van der Waals surface area contributed by atoms with Crippen LogP contribution in [-0.4, -0.2) is 50.0 Å². The zero-order valence-electron chi connectivity index (χ0n) is 20.6. The second-order valence-corrected chi connectivity index (χ2v) is 9.24. The van der Waals surface area contributed by atoms with E-state index in [1.165, 1.54) is 19.4 Å². The summed E-state index contributed by atoms with van der Waals surface area (Å²) in [7, 11) is 1.56. The minimum atomic E-state index is -1.58. The molecular formula is C28H34FNO5. The number of halogens is 1. The van der Waals surface area contributed by atoms with E-state index in [2.05, 4.69) is 11.4 Å². The molecule has 1 heterocycles. The number of nitrogens with one attached hydrogen (secondary N) is 1. The van der Waals surface area contributed by atoms with E-state index in [4.69, 9.17) is 14.2 Å². The normalized spacial score (nSPS) is 15.6. The van der Waals surface area contributed by atoms with Crippen LogP contribution in [0.3, 0.4) is 0 Å². The largest absolute Gasteiger partial charge is 0.458 e. The second kappa shape index (κ2) is 12.6. The van der Waals surface area contributed by atoms with Gasteiger partial charge >= 0.3 is 11.9 Å². The molecule has 3 rings (SSSR count). The molecule has 1 N–H and O–H groups in total. The molecule has 1 aliphatic rings. The summed E-state index contributed by atoms with van der Waals surface area (Å²) in [5.41, 5.74) is 2.39. The number of hydrogen-bond acceptors (Lipinski definition) is 6. The van der Waals surface area contributed by atoms with Gasteiger partial charge in [-0.3, -0.25) is 4.79 Å². The zero-order valence-corrected chi connectivity index (χ0v) is 20.6. The Morgan fingerprint density at radius 3 is 2.37 bits per heavy atom. The van der Waals surface area contributed by atoms with Crippen molar-refractivity contribution >= 4 is 17.5 Å². The number of carbonyl (C=O) groups is 2. The van der Waals surface area contributed by atoms with Gasteiger partial charge in [0, 0.05) is 12.8 Å². The first-order valence-electron chi connectivity index (χ1n) is 11.9. The Hall–Kier alpha value is -3.03. The van der Waals surface area contributed by atoms with Crippen LogP contribution in [0.4, 0.5) is 4.39 Å². The minimum Gasteiger partial charge on any atom is -0.458 e. The summed E-state index contributed by atoms with van der Waals surface area (Å²) in [5, 5.41) is 2.79. The van der Waals surface area contributed by atoms with E-state index in [-0.39, 0.29) is 19.4 Å². The first-order valence-corrected chi connectivity index (χ1v) is 11.9. The summed E-state index contributed by atoms with van der Waals surface area (Å²) in [5.74, 6) is -1.34. The average molecular weight is 484 g/mol. The fourth-order valence-electron chi connectivity index (χ4n) is 3.86. The summed E-state index contributed by atoms with van der Waals surface area (Å²) < 4.78 is 30.6. The molecule has 0 fully saturated rings. The van der Waals surface area contributed by atoms with Crippen LogP contribution >= 0.6 is 0 Å². The van der Waals surface area contributed by atoms with Crippen molar-refractivity contribution in [2.75, 3.05) is 20.3 Å². The molecule has 2 atom stereocenters.